The van der Waals surface area contributed by atoms with E-state index >= 15 is 0 Å². The number of nitrogens with zero attached hydrogens (tertiary/aromatic N) is 3. The van der Waals surface area contributed by atoms with Crippen molar-refractivity contribution in [1.82, 2.24) is 14.7 Å². The second-order valence-electron chi connectivity index (χ2n) is 6.60. The first-order valence-electron chi connectivity index (χ1n) is 8.64. The summed E-state index contributed by atoms with van der Waals surface area (Å²) in [6.07, 6.45) is 2.47. The Morgan fingerprint density at radius 2 is 1.74 bits per heavy atom. The number of piperazine rings is 1. The Hall–Kier alpha value is -1.10. The molecule has 0 aliphatic carbocycles. The fourth-order valence-corrected chi connectivity index (χ4v) is 3.89. The summed E-state index contributed by atoms with van der Waals surface area (Å²) in [5, 5.41) is 0.826. The number of amides is 1. The molecule has 0 spiro atoms. The molecule has 1 atom stereocenters. The minimum atomic E-state index is 0.289. The van der Waals surface area contributed by atoms with Gasteiger partial charge in [-0.15, -0.1) is 0 Å². The van der Waals surface area contributed by atoms with Crippen molar-refractivity contribution in [1.29, 1.82) is 0 Å². The number of rotatable bonds is 4. The van der Waals surface area contributed by atoms with Crippen molar-refractivity contribution in [2.24, 2.45) is 0 Å². The summed E-state index contributed by atoms with van der Waals surface area (Å²) in [7, 11) is 0. The van der Waals surface area contributed by atoms with Gasteiger partial charge < -0.3 is 4.90 Å². The molecule has 2 heterocycles. The number of halogens is 1. The Morgan fingerprint density at radius 3 is 2.39 bits per heavy atom. The fourth-order valence-electron chi connectivity index (χ4n) is 3.60. The van der Waals surface area contributed by atoms with Gasteiger partial charge in [0.2, 0.25) is 5.91 Å². The summed E-state index contributed by atoms with van der Waals surface area (Å²) in [5.41, 5.74) is 1.17. The van der Waals surface area contributed by atoms with E-state index in [9.17, 15) is 4.79 Å². The zero-order valence-electron chi connectivity index (χ0n) is 13.9. The third-order valence-corrected chi connectivity index (χ3v) is 5.47. The lowest BCUT2D eigenvalue weighted by Gasteiger charge is -2.38. The summed E-state index contributed by atoms with van der Waals surface area (Å²) in [6.45, 7) is 8.42. The van der Waals surface area contributed by atoms with Crippen LogP contribution in [0.5, 0.6) is 0 Å². The monoisotopic (exact) mass is 335 g/mol. The molecule has 1 unspecified atom stereocenters. The van der Waals surface area contributed by atoms with Gasteiger partial charge >= 0.3 is 0 Å². The summed E-state index contributed by atoms with van der Waals surface area (Å²) in [6, 6.07) is 8.34. The summed E-state index contributed by atoms with van der Waals surface area (Å²) in [5.74, 6) is 0.289. The first-order valence-corrected chi connectivity index (χ1v) is 9.01. The van der Waals surface area contributed by atoms with Gasteiger partial charge in [0, 0.05) is 37.2 Å². The number of carbonyl (C=O) groups excluding carboxylic acids is 1. The molecule has 126 valence electrons. The SMILES string of the molecule is CC(c1ccccc1Cl)N1CCN(C(=O)CN2CCCC2)CC1. The molecule has 1 aromatic rings. The predicted octanol–water partition coefficient (Wildman–Crippen LogP) is 2.64. The molecule has 0 saturated carbocycles. The van der Waals surface area contributed by atoms with Crippen molar-refractivity contribution in [3.8, 4) is 0 Å². The van der Waals surface area contributed by atoms with E-state index in [-0.39, 0.29) is 5.91 Å². The van der Waals surface area contributed by atoms with Gasteiger partial charge in [-0.25, -0.2) is 0 Å². The van der Waals surface area contributed by atoms with Gasteiger partial charge in [0.25, 0.3) is 0 Å². The van der Waals surface area contributed by atoms with Crippen LogP contribution in [0.4, 0.5) is 0 Å². The molecule has 2 saturated heterocycles. The van der Waals surface area contributed by atoms with Gasteiger partial charge in [-0.2, -0.15) is 0 Å². The lowest BCUT2D eigenvalue weighted by Crippen LogP contribution is -2.51. The number of hydrogen-bond donors (Lipinski definition) is 0. The highest BCUT2D eigenvalue weighted by Crippen LogP contribution is 2.27. The Labute approximate surface area is 144 Å². The van der Waals surface area contributed by atoms with Crippen LogP contribution in [0.2, 0.25) is 5.02 Å². The minimum absolute atomic E-state index is 0.289. The highest BCUT2D eigenvalue weighted by Gasteiger charge is 2.26. The van der Waals surface area contributed by atoms with Gasteiger partial charge in [-0.3, -0.25) is 14.6 Å². The Bertz CT molecular complexity index is 537. The molecule has 0 bridgehead atoms. The third-order valence-electron chi connectivity index (χ3n) is 5.13. The van der Waals surface area contributed by atoms with Gasteiger partial charge in [-0.1, -0.05) is 29.8 Å². The molecule has 4 nitrogen and oxygen atoms in total. The van der Waals surface area contributed by atoms with Crippen LogP contribution in [-0.2, 0) is 4.79 Å². The van der Waals surface area contributed by atoms with E-state index in [1.165, 1.54) is 18.4 Å². The van der Waals surface area contributed by atoms with Gasteiger partial charge in [0.1, 0.15) is 0 Å². The molecule has 3 rings (SSSR count). The highest BCUT2D eigenvalue weighted by molar-refractivity contribution is 6.31. The van der Waals surface area contributed by atoms with Crippen LogP contribution in [0.1, 0.15) is 31.4 Å². The number of likely N-dealkylation sites (tertiary alicyclic amines) is 1. The molecule has 0 radical (unpaired) electrons. The van der Waals surface area contributed by atoms with E-state index in [2.05, 4.69) is 22.8 Å². The van der Waals surface area contributed by atoms with Crippen LogP contribution < -0.4 is 0 Å². The van der Waals surface area contributed by atoms with E-state index < -0.39 is 0 Å². The van der Waals surface area contributed by atoms with Crippen LogP contribution >= 0.6 is 11.6 Å². The molecule has 2 fully saturated rings. The Morgan fingerprint density at radius 1 is 1.09 bits per heavy atom. The topological polar surface area (TPSA) is 26.8 Å². The van der Waals surface area contributed by atoms with E-state index in [0.29, 0.717) is 12.6 Å². The molecule has 1 amide bonds. The van der Waals surface area contributed by atoms with Crippen molar-refractivity contribution in [2.75, 3.05) is 45.8 Å². The molecule has 5 heteroatoms. The standard InChI is InChI=1S/C18H26ClN3O/c1-15(16-6-2-3-7-17(16)19)21-10-12-22(13-11-21)18(23)14-20-8-4-5-9-20/h2-3,6-7,15H,4-5,8-14H2,1H3. The normalized spacial score (nSPS) is 21.6. The average Bonchev–Trinajstić information content (AvgIpc) is 3.08. The zero-order chi connectivity index (χ0) is 16.2. The summed E-state index contributed by atoms with van der Waals surface area (Å²) >= 11 is 6.32. The Balaban J connectivity index is 1.51. The lowest BCUT2D eigenvalue weighted by molar-refractivity contribution is -0.134. The third kappa shape index (κ3) is 4.06. The quantitative estimate of drug-likeness (QED) is 0.846. The first kappa shape index (κ1) is 16.7. The molecule has 0 N–H and O–H groups in total. The largest absolute Gasteiger partial charge is 0.339 e. The van der Waals surface area contributed by atoms with Crippen molar-refractivity contribution < 1.29 is 4.79 Å². The van der Waals surface area contributed by atoms with E-state index in [0.717, 1.165) is 44.3 Å². The molecule has 2 aliphatic heterocycles. The van der Waals surface area contributed by atoms with E-state index in [1.807, 2.05) is 23.1 Å². The van der Waals surface area contributed by atoms with E-state index in [1.54, 1.807) is 0 Å². The maximum Gasteiger partial charge on any atom is 0.236 e. The van der Waals surface area contributed by atoms with Crippen LogP contribution in [0, 0.1) is 0 Å². The van der Waals surface area contributed by atoms with Crippen molar-refractivity contribution in [2.45, 2.75) is 25.8 Å². The predicted molar refractivity (Wildman–Crippen MR) is 93.7 cm³/mol. The van der Waals surface area contributed by atoms with Crippen LogP contribution in [-0.4, -0.2) is 66.4 Å². The maximum absolute atomic E-state index is 12.4. The zero-order valence-corrected chi connectivity index (χ0v) is 14.6. The highest BCUT2D eigenvalue weighted by atomic mass is 35.5. The van der Waals surface area contributed by atoms with Crippen LogP contribution in [0.25, 0.3) is 0 Å². The van der Waals surface area contributed by atoms with Crippen molar-refractivity contribution in [3.05, 3.63) is 34.9 Å². The molecule has 2 aliphatic rings. The fraction of sp³-hybridized carbons (Fsp3) is 0.611. The molecular formula is C18H26ClN3O. The molecule has 1 aromatic carbocycles. The number of benzene rings is 1. The smallest absolute Gasteiger partial charge is 0.236 e. The number of carbonyl (C=O) groups is 1. The molecular weight excluding hydrogens is 310 g/mol. The Kier molecular flexibility index (Phi) is 5.57. The lowest BCUT2D eigenvalue weighted by atomic mass is 10.1. The molecule has 0 aromatic heterocycles. The van der Waals surface area contributed by atoms with Gasteiger partial charge in [0.15, 0.2) is 0 Å². The van der Waals surface area contributed by atoms with Gasteiger partial charge in [-0.05, 0) is 44.5 Å². The first-order chi connectivity index (χ1) is 11.1. The molecule has 23 heavy (non-hydrogen) atoms. The second-order valence-corrected chi connectivity index (χ2v) is 7.00. The van der Waals surface area contributed by atoms with Crippen molar-refractivity contribution >= 4 is 17.5 Å². The average molecular weight is 336 g/mol. The minimum Gasteiger partial charge on any atom is -0.339 e. The van der Waals surface area contributed by atoms with E-state index in [4.69, 9.17) is 11.6 Å². The number of hydrogen-bond acceptors (Lipinski definition) is 3. The van der Waals surface area contributed by atoms with Crippen LogP contribution in [0.15, 0.2) is 24.3 Å². The van der Waals surface area contributed by atoms with Crippen molar-refractivity contribution in [3.63, 3.8) is 0 Å². The summed E-state index contributed by atoms with van der Waals surface area (Å²) in [4.78, 5) is 19.1. The second kappa shape index (κ2) is 7.65. The maximum atomic E-state index is 12.4. The van der Waals surface area contributed by atoms with Gasteiger partial charge in [0.05, 0.1) is 6.54 Å². The summed E-state index contributed by atoms with van der Waals surface area (Å²) < 4.78 is 0. The van der Waals surface area contributed by atoms with Crippen LogP contribution in [0.3, 0.4) is 0 Å².